The van der Waals surface area contributed by atoms with Gasteiger partial charge in [-0.25, -0.2) is 0 Å². The summed E-state index contributed by atoms with van der Waals surface area (Å²) in [4.78, 5) is 12.2. The van der Waals surface area contributed by atoms with E-state index in [2.05, 4.69) is 5.32 Å². The highest BCUT2D eigenvalue weighted by Crippen LogP contribution is 2.16. The molecule has 0 aromatic rings. The first-order valence-electron chi connectivity index (χ1n) is 4.87. The Kier molecular flexibility index (Phi) is 4.67. The molecule has 0 aromatic heterocycles. The number of thiocarbonyl (C=S) groups is 1. The molecule has 0 saturated carbocycles. The van der Waals surface area contributed by atoms with Crippen molar-refractivity contribution in [3.05, 3.63) is 0 Å². The molecule has 1 amide bonds. The molecule has 0 heterocycles. The van der Waals surface area contributed by atoms with Crippen molar-refractivity contribution in [2.75, 3.05) is 7.11 Å². The van der Waals surface area contributed by atoms with E-state index in [0.717, 1.165) is 0 Å². The predicted molar refractivity (Wildman–Crippen MR) is 64.7 cm³/mol. The van der Waals surface area contributed by atoms with Gasteiger partial charge in [-0.1, -0.05) is 19.1 Å². The van der Waals surface area contributed by atoms with E-state index in [0.29, 0.717) is 6.42 Å². The molecule has 0 radical (unpaired) electrons. The Labute approximate surface area is 96.5 Å². The fourth-order valence-electron chi connectivity index (χ4n) is 0.875. The molecular formula is C10H20N2O2S. The quantitative estimate of drug-likeness (QED) is 0.694. The second kappa shape index (κ2) is 4.90. The largest absolute Gasteiger partial charge is 0.391 e. The third-order valence-electron chi connectivity index (χ3n) is 2.65. The van der Waals surface area contributed by atoms with Gasteiger partial charge in [0.05, 0.1) is 10.5 Å². The summed E-state index contributed by atoms with van der Waals surface area (Å²) in [5.41, 5.74) is 4.00. The Balaban J connectivity index is 4.69. The third-order valence-corrected chi connectivity index (χ3v) is 3.16. The lowest BCUT2D eigenvalue weighted by atomic mass is 9.98. The van der Waals surface area contributed by atoms with Crippen LogP contribution in [0.5, 0.6) is 0 Å². The van der Waals surface area contributed by atoms with Crippen molar-refractivity contribution in [3.63, 3.8) is 0 Å². The van der Waals surface area contributed by atoms with Crippen LogP contribution in [0.15, 0.2) is 0 Å². The number of rotatable bonds is 5. The highest BCUT2D eigenvalue weighted by Gasteiger charge is 2.35. The lowest BCUT2D eigenvalue weighted by molar-refractivity contribution is -0.142. The van der Waals surface area contributed by atoms with E-state index in [1.165, 1.54) is 7.11 Å². The second-order valence-electron chi connectivity index (χ2n) is 4.23. The van der Waals surface area contributed by atoms with Gasteiger partial charge in [0.15, 0.2) is 0 Å². The predicted octanol–water partition coefficient (Wildman–Crippen LogP) is 0.982. The molecule has 0 saturated heterocycles. The number of carbonyl (C=O) groups is 1. The summed E-state index contributed by atoms with van der Waals surface area (Å²) < 4.78 is 5.18. The molecule has 0 spiro atoms. The van der Waals surface area contributed by atoms with Crippen LogP contribution in [0.2, 0.25) is 0 Å². The SMILES string of the molecule is CCC(C)(OC)C(=O)NC(C)(C)C(N)=S. The van der Waals surface area contributed by atoms with Crippen LogP contribution in [0.25, 0.3) is 0 Å². The van der Waals surface area contributed by atoms with Gasteiger partial charge in [0, 0.05) is 7.11 Å². The van der Waals surface area contributed by atoms with Crippen LogP contribution in [-0.4, -0.2) is 29.1 Å². The van der Waals surface area contributed by atoms with Crippen LogP contribution in [0.4, 0.5) is 0 Å². The standard InChI is InChI=1S/C10H20N2O2S/c1-6-10(4,14-5)8(13)12-9(2,3)7(11)15/h6H2,1-5H3,(H2,11,15)(H,12,13). The zero-order valence-electron chi connectivity index (χ0n) is 10.0. The van der Waals surface area contributed by atoms with Gasteiger partial charge in [0.2, 0.25) is 0 Å². The Morgan fingerprint density at radius 1 is 1.47 bits per heavy atom. The van der Waals surface area contributed by atoms with Crippen LogP contribution in [0, 0.1) is 0 Å². The Morgan fingerprint density at radius 2 is 1.93 bits per heavy atom. The molecule has 4 nitrogen and oxygen atoms in total. The molecule has 0 fully saturated rings. The minimum absolute atomic E-state index is 0.203. The van der Waals surface area contributed by atoms with Gasteiger partial charge < -0.3 is 15.8 Å². The van der Waals surface area contributed by atoms with Gasteiger partial charge in [-0.15, -0.1) is 0 Å². The summed E-state index contributed by atoms with van der Waals surface area (Å²) >= 11 is 4.87. The number of nitrogens with two attached hydrogens (primary N) is 1. The fourth-order valence-corrected chi connectivity index (χ4v) is 0.926. The van der Waals surface area contributed by atoms with Crippen molar-refractivity contribution in [2.45, 2.75) is 45.3 Å². The van der Waals surface area contributed by atoms with Gasteiger partial charge in [0.25, 0.3) is 5.91 Å². The lowest BCUT2D eigenvalue weighted by Gasteiger charge is -2.32. The van der Waals surface area contributed by atoms with Gasteiger partial charge in [-0.05, 0) is 27.2 Å². The Hall–Kier alpha value is -0.680. The van der Waals surface area contributed by atoms with E-state index in [1.807, 2.05) is 6.92 Å². The first kappa shape index (κ1) is 14.3. The van der Waals surface area contributed by atoms with Crippen molar-refractivity contribution in [1.82, 2.24) is 5.32 Å². The number of ether oxygens (including phenoxy) is 1. The maximum atomic E-state index is 11.9. The third kappa shape index (κ3) is 3.43. The molecule has 0 aliphatic carbocycles. The molecule has 3 N–H and O–H groups in total. The van der Waals surface area contributed by atoms with Crippen molar-refractivity contribution < 1.29 is 9.53 Å². The number of carbonyl (C=O) groups excluding carboxylic acids is 1. The summed E-state index contributed by atoms with van der Waals surface area (Å²) in [6.07, 6.45) is 0.586. The lowest BCUT2D eigenvalue weighted by Crippen LogP contribution is -2.58. The van der Waals surface area contributed by atoms with E-state index in [1.54, 1.807) is 20.8 Å². The minimum Gasteiger partial charge on any atom is -0.391 e. The maximum Gasteiger partial charge on any atom is 0.252 e. The molecule has 0 aromatic carbocycles. The van der Waals surface area contributed by atoms with Gasteiger partial charge in [-0.3, -0.25) is 4.79 Å². The average molecular weight is 232 g/mol. The van der Waals surface area contributed by atoms with Crippen molar-refractivity contribution in [2.24, 2.45) is 5.73 Å². The van der Waals surface area contributed by atoms with Crippen LogP contribution in [0.1, 0.15) is 34.1 Å². The molecule has 15 heavy (non-hydrogen) atoms. The average Bonchev–Trinajstić information content (AvgIpc) is 2.15. The Morgan fingerprint density at radius 3 is 2.20 bits per heavy atom. The summed E-state index contributed by atoms with van der Waals surface area (Å²) in [6, 6.07) is 0. The van der Waals surface area contributed by atoms with E-state index >= 15 is 0 Å². The number of hydrogen-bond donors (Lipinski definition) is 2. The number of methoxy groups -OCH3 is 1. The number of hydrogen-bond acceptors (Lipinski definition) is 3. The topological polar surface area (TPSA) is 64.3 Å². The van der Waals surface area contributed by atoms with Gasteiger partial charge >= 0.3 is 0 Å². The van der Waals surface area contributed by atoms with Crippen LogP contribution >= 0.6 is 12.2 Å². The highest BCUT2D eigenvalue weighted by atomic mass is 32.1. The maximum absolute atomic E-state index is 11.9. The molecule has 0 bridgehead atoms. The van der Waals surface area contributed by atoms with Crippen LogP contribution in [-0.2, 0) is 9.53 Å². The number of nitrogens with one attached hydrogen (secondary N) is 1. The van der Waals surface area contributed by atoms with E-state index in [-0.39, 0.29) is 10.9 Å². The smallest absolute Gasteiger partial charge is 0.252 e. The molecule has 1 unspecified atom stereocenters. The van der Waals surface area contributed by atoms with Gasteiger partial charge in [0.1, 0.15) is 5.60 Å². The van der Waals surface area contributed by atoms with Crippen molar-refractivity contribution >= 4 is 23.1 Å². The zero-order chi connectivity index (χ0) is 12.3. The normalized spacial score (nSPS) is 15.5. The van der Waals surface area contributed by atoms with E-state index in [4.69, 9.17) is 22.7 Å². The number of amides is 1. The molecule has 0 rings (SSSR count). The monoisotopic (exact) mass is 232 g/mol. The molecule has 88 valence electrons. The van der Waals surface area contributed by atoms with Crippen molar-refractivity contribution in [1.29, 1.82) is 0 Å². The minimum atomic E-state index is -0.831. The highest BCUT2D eigenvalue weighted by molar-refractivity contribution is 7.80. The first-order valence-corrected chi connectivity index (χ1v) is 5.28. The molecular weight excluding hydrogens is 212 g/mol. The summed E-state index contributed by atoms with van der Waals surface area (Å²) in [6.45, 7) is 7.15. The molecule has 1 atom stereocenters. The molecule has 0 aliphatic rings. The second-order valence-corrected chi connectivity index (χ2v) is 4.67. The fraction of sp³-hybridized carbons (Fsp3) is 0.800. The molecule has 0 aliphatic heterocycles. The van der Waals surface area contributed by atoms with E-state index in [9.17, 15) is 4.79 Å². The molecule has 5 heteroatoms. The Bertz CT molecular complexity index is 260. The first-order chi connectivity index (χ1) is 6.69. The van der Waals surface area contributed by atoms with Crippen LogP contribution < -0.4 is 11.1 Å². The van der Waals surface area contributed by atoms with E-state index < -0.39 is 11.1 Å². The van der Waals surface area contributed by atoms with Gasteiger partial charge in [-0.2, -0.15) is 0 Å². The summed E-state index contributed by atoms with van der Waals surface area (Å²) in [7, 11) is 1.51. The zero-order valence-corrected chi connectivity index (χ0v) is 10.8. The van der Waals surface area contributed by atoms with Crippen LogP contribution in [0.3, 0.4) is 0 Å². The van der Waals surface area contributed by atoms with Crippen molar-refractivity contribution in [3.8, 4) is 0 Å². The summed E-state index contributed by atoms with van der Waals surface area (Å²) in [5.74, 6) is -0.203. The summed E-state index contributed by atoms with van der Waals surface area (Å²) in [5, 5.41) is 2.77.